The summed E-state index contributed by atoms with van der Waals surface area (Å²) in [5.74, 6) is 0.828. The maximum atomic E-state index is 5.42. The standard InChI is InChI=1S/C9H17N5/c1-7-4-9(7)11-5-8-6-14(3-2-10)13-12-8/h6-7,9,11H,2-5,10H2,1H3. The van der Waals surface area contributed by atoms with Gasteiger partial charge in [-0.15, -0.1) is 5.10 Å². The summed E-state index contributed by atoms with van der Waals surface area (Å²) in [6.45, 7) is 4.42. The monoisotopic (exact) mass is 195 g/mol. The Morgan fingerprint density at radius 2 is 2.50 bits per heavy atom. The first-order valence-corrected chi connectivity index (χ1v) is 5.12. The first kappa shape index (κ1) is 9.61. The van der Waals surface area contributed by atoms with Crippen molar-refractivity contribution in [3.8, 4) is 0 Å². The second kappa shape index (κ2) is 4.06. The molecule has 78 valence electrons. The van der Waals surface area contributed by atoms with Crippen LogP contribution in [0.1, 0.15) is 19.0 Å². The van der Waals surface area contributed by atoms with Crippen molar-refractivity contribution < 1.29 is 0 Å². The van der Waals surface area contributed by atoms with Crippen molar-refractivity contribution in [3.63, 3.8) is 0 Å². The number of aromatic nitrogens is 3. The third kappa shape index (κ3) is 2.30. The van der Waals surface area contributed by atoms with E-state index in [1.165, 1.54) is 6.42 Å². The predicted octanol–water partition coefficient (Wildman–Crippen LogP) is -0.265. The molecule has 1 fully saturated rings. The van der Waals surface area contributed by atoms with E-state index in [4.69, 9.17) is 5.73 Å². The summed E-state index contributed by atoms with van der Waals surface area (Å²) in [7, 11) is 0. The highest BCUT2D eigenvalue weighted by Crippen LogP contribution is 2.28. The van der Waals surface area contributed by atoms with E-state index in [0.717, 1.165) is 24.7 Å². The third-order valence-electron chi connectivity index (χ3n) is 2.60. The van der Waals surface area contributed by atoms with Gasteiger partial charge in [0.15, 0.2) is 0 Å². The quantitative estimate of drug-likeness (QED) is 0.679. The average Bonchev–Trinajstić information content (AvgIpc) is 2.69. The van der Waals surface area contributed by atoms with Crippen molar-refractivity contribution in [1.29, 1.82) is 0 Å². The fourth-order valence-corrected chi connectivity index (χ4v) is 1.50. The normalized spacial score (nSPS) is 25.3. The highest BCUT2D eigenvalue weighted by Gasteiger charge is 2.31. The van der Waals surface area contributed by atoms with E-state index in [9.17, 15) is 0 Å². The van der Waals surface area contributed by atoms with Crippen LogP contribution in [0, 0.1) is 5.92 Å². The van der Waals surface area contributed by atoms with Crippen LogP contribution in [0.2, 0.25) is 0 Å². The van der Waals surface area contributed by atoms with Gasteiger partial charge in [0.1, 0.15) is 0 Å². The van der Waals surface area contributed by atoms with Crippen molar-refractivity contribution >= 4 is 0 Å². The molecule has 1 aromatic heterocycles. The summed E-state index contributed by atoms with van der Waals surface area (Å²) >= 11 is 0. The molecule has 1 saturated carbocycles. The second-order valence-electron chi connectivity index (χ2n) is 3.96. The summed E-state index contributed by atoms with van der Waals surface area (Å²) in [5.41, 5.74) is 6.41. The number of nitrogens with zero attached hydrogens (tertiary/aromatic N) is 3. The fraction of sp³-hybridized carbons (Fsp3) is 0.778. The third-order valence-corrected chi connectivity index (χ3v) is 2.60. The van der Waals surface area contributed by atoms with Crippen LogP contribution >= 0.6 is 0 Å². The molecule has 14 heavy (non-hydrogen) atoms. The topological polar surface area (TPSA) is 68.8 Å². The molecule has 0 spiro atoms. The van der Waals surface area contributed by atoms with Crippen LogP contribution in [0.15, 0.2) is 6.20 Å². The molecular formula is C9H17N5. The smallest absolute Gasteiger partial charge is 0.0964 e. The lowest BCUT2D eigenvalue weighted by molar-refractivity contribution is 0.597. The van der Waals surface area contributed by atoms with Gasteiger partial charge >= 0.3 is 0 Å². The molecular weight excluding hydrogens is 178 g/mol. The zero-order chi connectivity index (χ0) is 9.97. The first-order valence-electron chi connectivity index (χ1n) is 5.12. The van der Waals surface area contributed by atoms with Crippen molar-refractivity contribution in [1.82, 2.24) is 20.3 Å². The van der Waals surface area contributed by atoms with Gasteiger partial charge in [-0.3, -0.25) is 4.68 Å². The van der Waals surface area contributed by atoms with Gasteiger partial charge < -0.3 is 11.1 Å². The summed E-state index contributed by atoms with van der Waals surface area (Å²) < 4.78 is 1.79. The Hall–Kier alpha value is -0.940. The van der Waals surface area contributed by atoms with Gasteiger partial charge in [0, 0.05) is 25.3 Å². The van der Waals surface area contributed by atoms with E-state index >= 15 is 0 Å². The maximum Gasteiger partial charge on any atom is 0.0964 e. The van der Waals surface area contributed by atoms with Crippen molar-refractivity contribution in [2.24, 2.45) is 11.7 Å². The molecule has 0 saturated heterocycles. The maximum absolute atomic E-state index is 5.42. The van der Waals surface area contributed by atoms with Gasteiger partial charge in [-0.2, -0.15) is 0 Å². The molecule has 1 aliphatic carbocycles. The number of rotatable bonds is 5. The summed E-state index contributed by atoms with van der Waals surface area (Å²) in [4.78, 5) is 0. The van der Waals surface area contributed by atoms with E-state index < -0.39 is 0 Å². The molecule has 5 nitrogen and oxygen atoms in total. The predicted molar refractivity (Wildman–Crippen MR) is 53.5 cm³/mol. The van der Waals surface area contributed by atoms with E-state index in [0.29, 0.717) is 12.6 Å². The minimum absolute atomic E-state index is 0.607. The summed E-state index contributed by atoms with van der Waals surface area (Å²) in [6.07, 6.45) is 3.24. The van der Waals surface area contributed by atoms with Gasteiger partial charge in [0.05, 0.1) is 12.2 Å². The van der Waals surface area contributed by atoms with Gasteiger partial charge in [0.2, 0.25) is 0 Å². The molecule has 2 atom stereocenters. The van der Waals surface area contributed by atoms with E-state index in [-0.39, 0.29) is 0 Å². The Balaban J connectivity index is 1.78. The first-order chi connectivity index (χ1) is 6.79. The zero-order valence-corrected chi connectivity index (χ0v) is 8.48. The molecule has 0 radical (unpaired) electrons. The minimum Gasteiger partial charge on any atom is -0.329 e. The zero-order valence-electron chi connectivity index (χ0n) is 8.48. The number of hydrogen-bond donors (Lipinski definition) is 2. The summed E-state index contributed by atoms with van der Waals surface area (Å²) in [6, 6.07) is 0.689. The molecule has 1 aliphatic rings. The van der Waals surface area contributed by atoms with Crippen LogP contribution in [0.3, 0.4) is 0 Å². The van der Waals surface area contributed by atoms with Crippen molar-refractivity contribution in [2.75, 3.05) is 6.54 Å². The van der Waals surface area contributed by atoms with Crippen molar-refractivity contribution in [2.45, 2.75) is 32.5 Å². The molecule has 0 bridgehead atoms. The summed E-state index contributed by atoms with van der Waals surface area (Å²) in [5, 5.41) is 11.5. The Labute approximate surface area is 83.7 Å². The SMILES string of the molecule is CC1CC1NCc1cn(CCN)nn1. The lowest BCUT2D eigenvalue weighted by atomic mass is 10.4. The highest BCUT2D eigenvalue weighted by atomic mass is 15.4. The number of nitrogens with two attached hydrogens (primary N) is 1. The Kier molecular flexibility index (Phi) is 2.79. The molecule has 0 aliphatic heterocycles. The van der Waals surface area contributed by atoms with Crippen LogP contribution in [0.4, 0.5) is 0 Å². The molecule has 2 unspecified atom stereocenters. The fourth-order valence-electron chi connectivity index (χ4n) is 1.50. The molecule has 3 N–H and O–H groups in total. The Bertz CT molecular complexity index is 295. The number of hydrogen-bond acceptors (Lipinski definition) is 4. The van der Waals surface area contributed by atoms with Gasteiger partial charge in [-0.05, 0) is 12.3 Å². The second-order valence-corrected chi connectivity index (χ2v) is 3.96. The average molecular weight is 195 g/mol. The molecule has 0 amide bonds. The largest absolute Gasteiger partial charge is 0.329 e. The molecule has 5 heteroatoms. The van der Waals surface area contributed by atoms with E-state index in [1.807, 2.05) is 6.20 Å². The highest BCUT2D eigenvalue weighted by molar-refractivity contribution is 4.96. The van der Waals surface area contributed by atoms with Crippen LogP contribution in [-0.4, -0.2) is 27.6 Å². The van der Waals surface area contributed by atoms with Crippen LogP contribution in [0.25, 0.3) is 0 Å². The minimum atomic E-state index is 0.607. The van der Waals surface area contributed by atoms with Crippen LogP contribution in [0.5, 0.6) is 0 Å². The Morgan fingerprint density at radius 1 is 1.71 bits per heavy atom. The molecule has 1 aromatic rings. The van der Waals surface area contributed by atoms with Gasteiger partial charge in [-0.1, -0.05) is 12.1 Å². The lowest BCUT2D eigenvalue weighted by Gasteiger charge is -1.98. The van der Waals surface area contributed by atoms with Crippen LogP contribution in [-0.2, 0) is 13.1 Å². The van der Waals surface area contributed by atoms with Gasteiger partial charge in [-0.25, -0.2) is 0 Å². The molecule has 2 rings (SSSR count). The Morgan fingerprint density at radius 3 is 3.14 bits per heavy atom. The molecule has 1 heterocycles. The van der Waals surface area contributed by atoms with Crippen LogP contribution < -0.4 is 11.1 Å². The van der Waals surface area contributed by atoms with Crippen molar-refractivity contribution in [3.05, 3.63) is 11.9 Å². The number of nitrogens with one attached hydrogen (secondary N) is 1. The van der Waals surface area contributed by atoms with E-state index in [2.05, 4.69) is 22.6 Å². The van der Waals surface area contributed by atoms with E-state index in [1.54, 1.807) is 4.68 Å². The lowest BCUT2D eigenvalue weighted by Crippen LogP contribution is -2.17. The van der Waals surface area contributed by atoms with Gasteiger partial charge in [0.25, 0.3) is 0 Å². The molecule has 0 aromatic carbocycles.